The molecule has 0 aliphatic carbocycles. The minimum atomic E-state index is -1.16. The van der Waals surface area contributed by atoms with E-state index in [1.807, 2.05) is 18.6 Å². The Morgan fingerprint density at radius 2 is 1.43 bits per heavy atom. The highest BCUT2D eigenvalue weighted by atomic mass is 32.2. The van der Waals surface area contributed by atoms with Crippen LogP contribution in [0.3, 0.4) is 0 Å². The van der Waals surface area contributed by atoms with Crippen LogP contribution < -0.4 is 21.7 Å². The molecule has 0 radical (unpaired) electrons. The lowest BCUT2D eigenvalue weighted by atomic mass is 10.0. The second-order valence-electron chi connectivity index (χ2n) is 8.55. The van der Waals surface area contributed by atoms with Crippen LogP contribution in [0.25, 0.3) is 0 Å². The molecule has 1 rings (SSSR count). The number of nitrogens with one attached hydrogen (secondary N) is 3. The van der Waals surface area contributed by atoms with Gasteiger partial charge in [-0.25, -0.2) is 4.79 Å². The number of aliphatic carboxylic acids is 1. The molecule has 0 aliphatic heterocycles. The summed E-state index contributed by atoms with van der Waals surface area (Å²) in [6.07, 6.45) is 4.70. The summed E-state index contributed by atoms with van der Waals surface area (Å²) in [6.45, 7) is 3.57. The summed E-state index contributed by atoms with van der Waals surface area (Å²) in [5, 5.41) is 17.6. The first-order valence-electron chi connectivity index (χ1n) is 11.5. The van der Waals surface area contributed by atoms with E-state index in [1.54, 1.807) is 49.9 Å². The Morgan fingerprint density at radius 1 is 0.857 bits per heavy atom. The second kappa shape index (κ2) is 16.4. The summed E-state index contributed by atoms with van der Waals surface area (Å²) in [5.74, 6) is -1.63. The van der Waals surface area contributed by atoms with Crippen LogP contribution in [0, 0.1) is 5.92 Å². The van der Waals surface area contributed by atoms with Crippen LogP contribution in [-0.2, 0) is 25.6 Å². The monoisotopic (exact) mass is 526 g/mol. The standard InChI is InChI=1S/C24H38N4O5S2/c1-15(2)20(28-21(29)17(25)10-12-34-3)23(31)26-18(11-13-35-4)22(30)27-19(24(32)33)14-16-8-6-5-7-9-16/h5-9,15,17-20H,10-14,25H2,1-4H3,(H,26,31)(H,27,30)(H,28,29)(H,32,33). The molecular formula is C24H38N4O5S2. The highest BCUT2D eigenvalue weighted by Crippen LogP contribution is 2.09. The Hall–Kier alpha value is -2.24. The van der Waals surface area contributed by atoms with E-state index in [-0.39, 0.29) is 12.3 Å². The molecule has 0 aromatic heterocycles. The van der Waals surface area contributed by atoms with Gasteiger partial charge in [-0.2, -0.15) is 23.5 Å². The molecule has 0 saturated carbocycles. The van der Waals surface area contributed by atoms with Crippen LogP contribution in [0.5, 0.6) is 0 Å². The van der Waals surface area contributed by atoms with Crippen LogP contribution in [-0.4, -0.2) is 77.0 Å². The number of hydrogen-bond acceptors (Lipinski definition) is 7. The number of amides is 3. The maximum absolute atomic E-state index is 13.1. The maximum atomic E-state index is 13.1. The Bertz CT molecular complexity index is 825. The Labute approximate surface area is 216 Å². The van der Waals surface area contributed by atoms with Gasteiger partial charge in [0.2, 0.25) is 17.7 Å². The van der Waals surface area contributed by atoms with Gasteiger partial charge < -0.3 is 26.8 Å². The third kappa shape index (κ3) is 11.4. The predicted molar refractivity (Wildman–Crippen MR) is 142 cm³/mol. The average molecular weight is 527 g/mol. The predicted octanol–water partition coefficient (Wildman–Crippen LogP) is 1.26. The van der Waals surface area contributed by atoms with E-state index in [0.717, 1.165) is 11.3 Å². The van der Waals surface area contributed by atoms with Crippen molar-refractivity contribution in [2.24, 2.45) is 11.7 Å². The van der Waals surface area contributed by atoms with Gasteiger partial charge >= 0.3 is 5.97 Å². The fourth-order valence-electron chi connectivity index (χ4n) is 3.26. The van der Waals surface area contributed by atoms with E-state index in [1.165, 1.54) is 11.8 Å². The lowest BCUT2D eigenvalue weighted by Gasteiger charge is -2.27. The van der Waals surface area contributed by atoms with Crippen molar-refractivity contribution < 1.29 is 24.3 Å². The smallest absolute Gasteiger partial charge is 0.326 e. The average Bonchev–Trinajstić information content (AvgIpc) is 2.82. The number of benzene rings is 1. The van der Waals surface area contributed by atoms with E-state index in [2.05, 4.69) is 16.0 Å². The summed E-state index contributed by atoms with van der Waals surface area (Å²) in [7, 11) is 0. The first-order chi connectivity index (χ1) is 16.6. The van der Waals surface area contributed by atoms with Gasteiger partial charge in [-0.3, -0.25) is 14.4 Å². The normalized spacial score (nSPS) is 14.5. The zero-order valence-corrected chi connectivity index (χ0v) is 22.4. The molecule has 0 saturated heterocycles. The van der Waals surface area contributed by atoms with Crippen molar-refractivity contribution in [3.8, 4) is 0 Å². The summed E-state index contributed by atoms with van der Waals surface area (Å²) in [5.41, 5.74) is 6.70. The van der Waals surface area contributed by atoms with Crippen LogP contribution in [0.4, 0.5) is 0 Å². The van der Waals surface area contributed by atoms with E-state index in [4.69, 9.17) is 5.73 Å². The van der Waals surface area contributed by atoms with E-state index < -0.39 is 47.9 Å². The fourth-order valence-corrected chi connectivity index (χ4v) is 4.22. The Balaban J connectivity index is 2.92. The number of rotatable bonds is 16. The maximum Gasteiger partial charge on any atom is 0.326 e. The van der Waals surface area contributed by atoms with Gasteiger partial charge in [0.05, 0.1) is 6.04 Å². The van der Waals surface area contributed by atoms with Gasteiger partial charge in [-0.15, -0.1) is 0 Å². The van der Waals surface area contributed by atoms with Crippen molar-refractivity contribution >= 4 is 47.2 Å². The minimum Gasteiger partial charge on any atom is -0.480 e. The quantitative estimate of drug-likeness (QED) is 0.216. The molecule has 1 aromatic rings. The van der Waals surface area contributed by atoms with Gasteiger partial charge in [0, 0.05) is 6.42 Å². The lowest BCUT2D eigenvalue weighted by molar-refractivity contribution is -0.142. The third-order valence-electron chi connectivity index (χ3n) is 5.36. The summed E-state index contributed by atoms with van der Waals surface area (Å²) < 4.78 is 0. The van der Waals surface area contributed by atoms with Crippen molar-refractivity contribution in [2.75, 3.05) is 24.0 Å². The molecule has 0 aliphatic rings. The summed E-state index contributed by atoms with van der Waals surface area (Å²) >= 11 is 3.08. The largest absolute Gasteiger partial charge is 0.480 e. The van der Waals surface area contributed by atoms with Crippen molar-refractivity contribution in [3.63, 3.8) is 0 Å². The highest BCUT2D eigenvalue weighted by molar-refractivity contribution is 7.98. The van der Waals surface area contributed by atoms with Crippen molar-refractivity contribution in [1.82, 2.24) is 16.0 Å². The number of hydrogen-bond donors (Lipinski definition) is 5. The molecule has 11 heteroatoms. The van der Waals surface area contributed by atoms with E-state index in [9.17, 15) is 24.3 Å². The molecule has 1 aromatic carbocycles. The molecule has 4 unspecified atom stereocenters. The topological polar surface area (TPSA) is 151 Å². The molecule has 0 heterocycles. The molecule has 4 atom stereocenters. The number of nitrogens with two attached hydrogens (primary N) is 1. The first kappa shape index (κ1) is 30.8. The van der Waals surface area contributed by atoms with Gasteiger partial charge in [0.15, 0.2) is 0 Å². The van der Waals surface area contributed by atoms with Crippen molar-refractivity contribution in [3.05, 3.63) is 35.9 Å². The zero-order chi connectivity index (χ0) is 26.4. The van der Waals surface area contributed by atoms with E-state index in [0.29, 0.717) is 18.6 Å². The number of carbonyl (C=O) groups is 4. The first-order valence-corrected chi connectivity index (χ1v) is 14.3. The van der Waals surface area contributed by atoms with Gasteiger partial charge in [-0.1, -0.05) is 44.2 Å². The molecule has 196 valence electrons. The molecule has 6 N–H and O–H groups in total. The van der Waals surface area contributed by atoms with Crippen LogP contribution in [0.1, 0.15) is 32.3 Å². The molecule has 9 nitrogen and oxygen atoms in total. The van der Waals surface area contributed by atoms with Crippen molar-refractivity contribution in [2.45, 2.75) is 57.3 Å². The molecule has 0 spiro atoms. The number of carboxylic acids is 1. The third-order valence-corrected chi connectivity index (χ3v) is 6.65. The summed E-state index contributed by atoms with van der Waals surface area (Å²) in [6, 6.07) is 5.28. The molecule has 3 amide bonds. The van der Waals surface area contributed by atoms with Gasteiger partial charge in [-0.05, 0) is 48.3 Å². The summed E-state index contributed by atoms with van der Waals surface area (Å²) in [4.78, 5) is 50.4. The Kier molecular flexibility index (Phi) is 14.5. The van der Waals surface area contributed by atoms with Gasteiger partial charge in [0.1, 0.15) is 18.1 Å². The molecular weight excluding hydrogens is 488 g/mol. The number of carbonyl (C=O) groups excluding carboxylic acids is 3. The van der Waals surface area contributed by atoms with Crippen molar-refractivity contribution in [1.29, 1.82) is 0 Å². The van der Waals surface area contributed by atoms with Crippen LogP contribution in [0.15, 0.2) is 30.3 Å². The highest BCUT2D eigenvalue weighted by Gasteiger charge is 2.31. The van der Waals surface area contributed by atoms with Crippen LogP contribution in [0.2, 0.25) is 0 Å². The zero-order valence-electron chi connectivity index (χ0n) is 20.8. The number of thioether (sulfide) groups is 2. The van der Waals surface area contributed by atoms with E-state index >= 15 is 0 Å². The fraction of sp³-hybridized carbons (Fsp3) is 0.583. The number of carboxylic acid groups (broad SMARTS) is 1. The van der Waals surface area contributed by atoms with Gasteiger partial charge in [0.25, 0.3) is 0 Å². The van der Waals surface area contributed by atoms with Crippen LogP contribution >= 0.6 is 23.5 Å². The SMILES string of the molecule is CSCCC(N)C(=O)NC(C(=O)NC(CCSC)C(=O)NC(Cc1ccccc1)C(=O)O)C(C)C. The molecule has 35 heavy (non-hydrogen) atoms. The lowest BCUT2D eigenvalue weighted by Crippen LogP contribution is -2.58. The molecule has 0 bridgehead atoms. The molecule has 0 fully saturated rings. The minimum absolute atomic E-state index is 0.115. The second-order valence-corrected chi connectivity index (χ2v) is 10.5. The Morgan fingerprint density at radius 3 is 1.97 bits per heavy atom.